The summed E-state index contributed by atoms with van der Waals surface area (Å²) in [5.74, 6) is 0.577. The number of allylic oxidation sites excluding steroid dienone is 1. The molecule has 0 heterocycles. The summed E-state index contributed by atoms with van der Waals surface area (Å²) in [6.45, 7) is 0. The normalized spacial score (nSPS) is 18.5. The van der Waals surface area contributed by atoms with Crippen molar-refractivity contribution in [2.75, 3.05) is 0 Å². The van der Waals surface area contributed by atoms with Gasteiger partial charge in [0.2, 0.25) is 0 Å². The average Bonchev–Trinajstić information content (AvgIpc) is 2.30. The molecule has 0 bridgehead atoms. The topological polar surface area (TPSA) is 0 Å². The minimum Gasteiger partial charge on any atom is -0.207 e. The highest BCUT2D eigenvalue weighted by Crippen LogP contribution is 2.25. The first kappa shape index (κ1) is 10.4. The van der Waals surface area contributed by atoms with E-state index in [1.54, 1.807) is 0 Å². The van der Waals surface area contributed by atoms with E-state index >= 15 is 0 Å². The lowest BCUT2D eigenvalue weighted by Gasteiger charge is -2.17. The summed E-state index contributed by atoms with van der Waals surface area (Å²) in [5.41, 5.74) is 1.10. The van der Waals surface area contributed by atoms with Crippen LogP contribution in [0.25, 0.3) is 6.08 Å². The van der Waals surface area contributed by atoms with Gasteiger partial charge in [0.25, 0.3) is 0 Å². The van der Waals surface area contributed by atoms with E-state index in [9.17, 15) is 4.39 Å². The molecule has 15 heavy (non-hydrogen) atoms. The van der Waals surface area contributed by atoms with Crippen LogP contribution in [0.5, 0.6) is 0 Å². The Morgan fingerprint density at radius 2 is 1.67 bits per heavy atom. The molecule has 1 aliphatic carbocycles. The van der Waals surface area contributed by atoms with Gasteiger partial charge in [-0.15, -0.1) is 0 Å². The van der Waals surface area contributed by atoms with Crippen molar-refractivity contribution < 1.29 is 4.39 Å². The van der Waals surface area contributed by atoms with Crippen LogP contribution in [0, 0.1) is 11.7 Å². The summed E-state index contributed by atoms with van der Waals surface area (Å²) in [7, 11) is 0. The van der Waals surface area contributed by atoms with Gasteiger partial charge in [-0.05, 0) is 36.5 Å². The van der Waals surface area contributed by atoms with Gasteiger partial charge in [-0.25, -0.2) is 4.39 Å². The lowest BCUT2D eigenvalue weighted by atomic mass is 9.89. The second-order valence-corrected chi connectivity index (χ2v) is 4.31. The first-order valence-electron chi connectivity index (χ1n) is 5.78. The van der Waals surface area contributed by atoms with Crippen molar-refractivity contribution in [3.8, 4) is 0 Å². The van der Waals surface area contributed by atoms with Crippen molar-refractivity contribution in [2.45, 2.75) is 32.1 Å². The van der Waals surface area contributed by atoms with E-state index in [1.165, 1.54) is 44.2 Å². The van der Waals surface area contributed by atoms with Crippen LogP contribution in [-0.2, 0) is 0 Å². The van der Waals surface area contributed by atoms with Crippen LogP contribution in [0.4, 0.5) is 4.39 Å². The second-order valence-electron chi connectivity index (χ2n) is 4.31. The maximum atomic E-state index is 12.7. The van der Waals surface area contributed by atoms with Crippen LogP contribution in [0.1, 0.15) is 37.7 Å². The molecule has 1 fully saturated rings. The third-order valence-corrected chi connectivity index (χ3v) is 3.08. The van der Waals surface area contributed by atoms with Gasteiger partial charge >= 0.3 is 0 Å². The molecule has 1 heteroatoms. The van der Waals surface area contributed by atoms with E-state index in [1.807, 2.05) is 12.1 Å². The summed E-state index contributed by atoms with van der Waals surface area (Å²) in [4.78, 5) is 0. The molecule has 1 aromatic rings. The molecule has 0 radical (unpaired) electrons. The number of hydrogen-bond acceptors (Lipinski definition) is 0. The standard InChI is InChI=1S/C14H17F/c15-14-10-8-13(9-11-14)7-6-12-4-2-1-3-5-12/h6-12H,1-5H2/b7-6-. The van der Waals surface area contributed by atoms with Crippen LogP contribution in [0.3, 0.4) is 0 Å². The zero-order valence-electron chi connectivity index (χ0n) is 8.95. The smallest absolute Gasteiger partial charge is 0.123 e. The first-order chi connectivity index (χ1) is 7.34. The monoisotopic (exact) mass is 204 g/mol. The Hall–Kier alpha value is -1.11. The lowest BCUT2D eigenvalue weighted by molar-refractivity contribution is 0.420. The summed E-state index contributed by atoms with van der Waals surface area (Å²) < 4.78 is 12.7. The Kier molecular flexibility index (Phi) is 3.54. The number of hydrogen-bond donors (Lipinski definition) is 0. The molecule has 0 aliphatic heterocycles. The molecule has 80 valence electrons. The van der Waals surface area contributed by atoms with E-state index < -0.39 is 0 Å². The Labute approximate surface area is 90.8 Å². The van der Waals surface area contributed by atoms with E-state index in [4.69, 9.17) is 0 Å². The molecule has 0 spiro atoms. The maximum Gasteiger partial charge on any atom is 0.123 e. The zero-order chi connectivity index (χ0) is 10.5. The van der Waals surface area contributed by atoms with Gasteiger partial charge in [0.15, 0.2) is 0 Å². The molecule has 0 amide bonds. The fraction of sp³-hybridized carbons (Fsp3) is 0.429. The molecule has 0 aromatic heterocycles. The minimum absolute atomic E-state index is 0.162. The number of halogens is 1. The van der Waals surface area contributed by atoms with E-state index in [0.717, 1.165) is 11.5 Å². The predicted molar refractivity (Wildman–Crippen MR) is 62.0 cm³/mol. The summed E-state index contributed by atoms with van der Waals surface area (Å²) in [6.07, 6.45) is 11.1. The van der Waals surface area contributed by atoms with Crippen molar-refractivity contribution in [2.24, 2.45) is 5.92 Å². The molecule has 0 N–H and O–H groups in total. The fourth-order valence-corrected chi connectivity index (χ4v) is 2.15. The molecule has 0 unspecified atom stereocenters. The molecular formula is C14H17F. The Bertz CT molecular complexity index is 318. The first-order valence-corrected chi connectivity index (χ1v) is 5.78. The van der Waals surface area contributed by atoms with Crippen LogP contribution >= 0.6 is 0 Å². The molecule has 1 saturated carbocycles. The fourth-order valence-electron chi connectivity index (χ4n) is 2.15. The van der Waals surface area contributed by atoms with Crippen molar-refractivity contribution in [3.63, 3.8) is 0 Å². The average molecular weight is 204 g/mol. The van der Waals surface area contributed by atoms with Gasteiger partial charge in [0.05, 0.1) is 0 Å². The highest BCUT2D eigenvalue weighted by molar-refractivity contribution is 5.49. The number of benzene rings is 1. The van der Waals surface area contributed by atoms with Gasteiger partial charge < -0.3 is 0 Å². The SMILES string of the molecule is Fc1ccc(/C=C\C2CCCCC2)cc1. The van der Waals surface area contributed by atoms with Crippen molar-refractivity contribution in [1.29, 1.82) is 0 Å². The van der Waals surface area contributed by atoms with Crippen LogP contribution < -0.4 is 0 Å². The highest BCUT2D eigenvalue weighted by atomic mass is 19.1. The van der Waals surface area contributed by atoms with Crippen LogP contribution in [-0.4, -0.2) is 0 Å². The molecule has 0 atom stereocenters. The van der Waals surface area contributed by atoms with Gasteiger partial charge in [-0.3, -0.25) is 0 Å². The Morgan fingerprint density at radius 1 is 1.00 bits per heavy atom. The van der Waals surface area contributed by atoms with Crippen LogP contribution in [0.15, 0.2) is 30.3 Å². The van der Waals surface area contributed by atoms with E-state index in [0.29, 0.717) is 0 Å². The largest absolute Gasteiger partial charge is 0.207 e. The van der Waals surface area contributed by atoms with Crippen molar-refractivity contribution in [1.82, 2.24) is 0 Å². The molecule has 1 aliphatic rings. The highest BCUT2D eigenvalue weighted by Gasteiger charge is 2.09. The van der Waals surface area contributed by atoms with Gasteiger partial charge in [-0.2, -0.15) is 0 Å². The zero-order valence-corrected chi connectivity index (χ0v) is 8.95. The minimum atomic E-state index is -0.162. The van der Waals surface area contributed by atoms with Gasteiger partial charge in [0.1, 0.15) is 5.82 Å². The van der Waals surface area contributed by atoms with Gasteiger partial charge in [-0.1, -0.05) is 43.5 Å². The molecule has 0 saturated heterocycles. The lowest BCUT2D eigenvalue weighted by Crippen LogP contribution is -2.02. The molecule has 2 rings (SSSR count). The third-order valence-electron chi connectivity index (χ3n) is 3.08. The molecular weight excluding hydrogens is 187 g/mol. The van der Waals surface area contributed by atoms with Crippen molar-refractivity contribution in [3.05, 3.63) is 41.7 Å². The van der Waals surface area contributed by atoms with Gasteiger partial charge in [0, 0.05) is 0 Å². The van der Waals surface area contributed by atoms with Crippen LogP contribution in [0.2, 0.25) is 0 Å². The predicted octanol–water partition coefficient (Wildman–Crippen LogP) is 4.42. The number of rotatable bonds is 2. The second kappa shape index (κ2) is 5.11. The Morgan fingerprint density at radius 3 is 2.33 bits per heavy atom. The quantitative estimate of drug-likeness (QED) is 0.669. The summed E-state index contributed by atoms with van der Waals surface area (Å²) >= 11 is 0. The third kappa shape index (κ3) is 3.19. The van der Waals surface area contributed by atoms with E-state index in [-0.39, 0.29) is 5.82 Å². The molecule has 1 aromatic carbocycles. The Balaban J connectivity index is 1.95. The summed E-state index contributed by atoms with van der Waals surface area (Å²) in [6, 6.07) is 6.68. The molecule has 0 nitrogen and oxygen atoms in total. The maximum absolute atomic E-state index is 12.7. The summed E-state index contributed by atoms with van der Waals surface area (Å²) in [5, 5.41) is 0. The van der Waals surface area contributed by atoms with E-state index in [2.05, 4.69) is 12.2 Å². The van der Waals surface area contributed by atoms with Crippen molar-refractivity contribution >= 4 is 6.08 Å².